The van der Waals surface area contributed by atoms with Gasteiger partial charge in [0.15, 0.2) is 6.29 Å². The molecule has 1 fully saturated rings. The minimum Gasteiger partial charge on any atom is -0.371 e. The fraction of sp³-hybridized carbons (Fsp3) is 0.583. The minimum atomic E-state index is -0.456. The highest BCUT2D eigenvalue weighted by Crippen LogP contribution is 2.31. The highest BCUT2D eigenvalue weighted by atomic mass is 33.1. The fourth-order valence-corrected chi connectivity index (χ4v) is 3.62. The lowest BCUT2D eigenvalue weighted by atomic mass is 10.3. The summed E-state index contributed by atoms with van der Waals surface area (Å²) in [7, 11) is 4.73. The first-order chi connectivity index (χ1) is 10.2. The first kappa shape index (κ1) is 16.5. The van der Waals surface area contributed by atoms with Crippen LogP contribution in [-0.4, -0.2) is 48.4 Å². The van der Waals surface area contributed by atoms with Crippen LogP contribution >= 0.6 is 21.6 Å². The maximum atomic E-state index is 10.5. The van der Waals surface area contributed by atoms with Gasteiger partial charge in [0.2, 0.25) is 0 Å². The van der Waals surface area contributed by atoms with Crippen LogP contribution in [0.5, 0.6) is 0 Å². The van der Waals surface area contributed by atoms with E-state index < -0.39 is 4.92 Å². The zero-order valence-corrected chi connectivity index (χ0v) is 13.1. The molecule has 0 spiro atoms. The van der Waals surface area contributed by atoms with Crippen LogP contribution in [-0.2, 0) is 14.2 Å². The molecule has 0 aliphatic carbocycles. The molecule has 21 heavy (non-hydrogen) atoms. The standard InChI is InChI=1S/C12H16N2O5S2/c1-17-12-8-18-10(7-19-12)4-5-20-21-11-3-2-9(6-13-11)14(15)16/h2-3,6,10,12H,4-5,7-8H2,1H3/t10?,12-/m1/s1. The Morgan fingerprint density at radius 3 is 2.90 bits per heavy atom. The van der Waals surface area contributed by atoms with E-state index >= 15 is 0 Å². The van der Waals surface area contributed by atoms with Crippen molar-refractivity contribution in [2.75, 3.05) is 26.1 Å². The summed E-state index contributed by atoms with van der Waals surface area (Å²) in [5.74, 6) is 0.884. The number of hydrogen-bond donors (Lipinski definition) is 0. The zero-order valence-electron chi connectivity index (χ0n) is 11.5. The van der Waals surface area contributed by atoms with E-state index in [-0.39, 0.29) is 18.1 Å². The first-order valence-electron chi connectivity index (χ1n) is 6.35. The summed E-state index contributed by atoms with van der Waals surface area (Å²) in [5, 5.41) is 11.3. The van der Waals surface area contributed by atoms with Crippen molar-refractivity contribution in [3.8, 4) is 0 Å². The van der Waals surface area contributed by atoms with Crippen LogP contribution in [0.3, 0.4) is 0 Å². The second-order valence-electron chi connectivity index (χ2n) is 4.26. The Labute approximate surface area is 130 Å². The number of hydrogen-bond acceptors (Lipinski definition) is 8. The first-order valence-corrected chi connectivity index (χ1v) is 8.67. The van der Waals surface area contributed by atoms with Crippen LogP contribution in [0.4, 0.5) is 5.69 Å². The molecule has 1 aliphatic heterocycles. The van der Waals surface area contributed by atoms with Gasteiger partial charge in [-0.15, -0.1) is 0 Å². The zero-order chi connectivity index (χ0) is 15.1. The largest absolute Gasteiger partial charge is 0.371 e. The second-order valence-corrected chi connectivity index (χ2v) is 6.70. The van der Waals surface area contributed by atoms with Gasteiger partial charge >= 0.3 is 0 Å². The van der Waals surface area contributed by atoms with Crippen LogP contribution < -0.4 is 0 Å². The molecule has 2 atom stereocenters. The van der Waals surface area contributed by atoms with Crippen molar-refractivity contribution in [2.24, 2.45) is 0 Å². The molecule has 2 heterocycles. The molecule has 116 valence electrons. The smallest absolute Gasteiger partial charge is 0.287 e. The Kier molecular flexibility index (Phi) is 6.71. The van der Waals surface area contributed by atoms with Crippen molar-refractivity contribution in [1.82, 2.24) is 4.98 Å². The van der Waals surface area contributed by atoms with E-state index in [1.165, 1.54) is 23.1 Å². The number of rotatable bonds is 7. The van der Waals surface area contributed by atoms with E-state index in [1.54, 1.807) is 24.0 Å². The molecule has 0 N–H and O–H groups in total. The molecule has 0 radical (unpaired) electrons. The number of ether oxygens (including phenoxy) is 3. The number of pyridine rings is 1. The van der Waals surface area contributed by atoms with Crippen molar-refractivity contribution in [2.45, 2.75) is 23.8 Å². The number of nitrogens with zero attached hydrogens (tertiary/aromatic N) is 2. The molecule has 0 amide bonds. The molecular weight excluding hydrogens is 316 g/mol. The molecule has 2 rings (SSSR count). The molecule has 7 nitrogen and oxygen atoms in total. The summed E-state index contributed by atoms with van der Waals surface area (Å²) in [6, 6.07) is 3.11. The molecule has 1 aliphatic rings. The highest BCUT2D eigenvalue weighted by Gasteiger charge is 2.21. The summed E-state index contributed by atoms with van der Waals surface area (Å²) < 4.78 is 16.1. The van der Waals surface area contributed by atoms with Gasteiger partial charge in [-0.05, 0) is 23.3 Å². The van der Waals surface area contributed by atoms with E-state index in [0.29, 0.717) is 13.2 Å². The molecule has 1 saturated heterocycles. The SMILES string of the molecule is CO[C@H]1COC(CCSSc2ccc([N+](=O)[O-])cn2)CO1. The average molecular weight is 332 g/mol. The van der Waals surface area contributed by atoms with E-state index in [0.717, 1.165) is 17.2 Å². The fourth-order valence-electron chi connectivity index (χ4n) is 1.64. The number of nitro groups is 1. The minimum absolute atomic E-state index is 0.00445. The third kappa shape index (κ3) is 5.44. The van der Waals surface area contributed by atoms with Gasteiger partial charge in [0.25, 0.3) is 5.69 Å². The Bertz CT molecular complexity index is 451. The predicted octanol–water partition coefficient (Wildman–Crippen LogP) is 2.51. The molecule has 0 saturated carbocycles. The topological polar surface area (TPSA) is 83.7 Å². The van der Waals surface area contributed by atoms with Crippen molar-refractivity contribution >= 4 is 27.3 Å². The maximum Gasteiger partial charge on any atom is 0.287 e. The summed E-state index contributed by atoms with van der Waals surface area (Å²) in [6.07, 6.45) is 1.98. The predicted molar refractivity (Wildman–Crippen MR) is 80.3 cm³/mol. The lowest BCUT2D eigenvalue weighted by molar-refractivity contribution is -0.385. The van der Waals surface area contributed by atoms with Gasteiger partial charge in [-0.2, -0.15) is 0 Å². The van der Waals surface area contributed by atoms with Gasteiger partial charge in [0.1, 0.15) is 11.2 Å². The van der Waals surface area contributed by atoms with Gasteiger partial charge in [0, 0.05) is 18.9 Å². The summed E-state index contributed by atoms with van der Waals surface area (Å²) >= 11 is 0. The van der Waals surface area contributed by atoms with Crippen LogP contribution in [0.1, 0.15) is 6.42 Å². The number of aromatic nitrogens is 1. The van der Waals surface area contributed by atoms with Gasteiger partial charge in [-0.25, -0.2) is 4.98 Å². The van der Waals surface area contributed by atoms with E-state index in [9.17, 15) is 10.1 Å². The quantitative estimate of drug-likeness (QED) is 0.326. The molecule has 9 heteroatoms. The van der Waals surface area contributed by atoms with Crippen molar-refractivity contribution in [3.63, 3.8) is 0 Å². The van der Waals surface area contributed by atoms with Crippen molar-refractivity contribution in [1.29, 1.82) is 0 Å². The monoisotopic (exact) mass is 332 g/mol. The van der Waals surface area contributed by atoms with Crippen LogP contribution in [0.25, 0.3) is 0 Å². The third-order valence-electron chi connectivity index (χ3n) is 2.80. The molecule has 1 unspecified atom stereocenters. The number of methoxy groups -OCH3 is 1. The summed E-state index contributed by atoms with van der Waals surface area (Å²) in [5.41, 5.74) is 0.00445. The Morgan fingerprint density at radius 1 is 1.48 bits per heavy atom. The van der Waals surface area contributed by atoms with Crippen LogP contribution in [0.15, 0.2) is 23.4 Å². The molecular formula is C12H16N2O5S2. The van der Waals surface area contributed by atoms with Gasteiger partial charge in [-0.3, -0.25) is 10.1 Å². The van der Waals surface area contributed by atoms with Gasteiger partial charge in [0.05, 0.1) is 24.2 Å². The van der Waals surface area contributed by atoms with Crippen LogP contribution in [0, 0.1) is 10.1 Å². The molecule has 1 aromatic heterocycles. The Hall–Kier alpha value is -0.870. The Morgan fingerprint density at radius 2 is 2.33 bits per heavy atom. The summed E-state index contributed by atoms with van der Waals surface area (Å²) in [4.78, 5) is 14.1. The lowest BCUT2D eigenvalue weighted by Gasteiger charge is -2.28. The van der Waals surface area contributed by atoms with E-state index in [4.69, 9.17) is 14.2 Å². The highest BCUT2D eigenvalue weighted by molar-refractivity contribution is 8.76. The third-order valence-corrected chi connectivity index (χ3v) is 5.10. The van der Waals surface area contributed by atoms with E-state index in [1.807, 2.05) is 0 Å². The van der Waals surface area contributed by atoms with Crippen molar-refractivity contribution < 1.29 is 19.1 Å². The maximum absolute atomic E-state index is 10.5. The average Bonchev–Trinajstić information content (AvgIpc) is 2.52. The van der Waals surface area contributed by atoms with Crippen LogP contribution in [0.2, 0.25) is 0 Å². The second kappa shape index (κ2) is 8.54. The lowest BCUT2D eigenvalue weighted by Crippen LogP contribution is -2.36. The van der Waals surface area contributed by atoms with Crippen molar-refractivity contribution in [3.05, 3.63) is 28.4 Å². The molecule has 0 bridgehead atoms. The molecule has 1 aromatic rings. The van der Waals surface area contributed by atoms with Gasteiger partial charge < -0.3 is 14.2 Å². The Balaban J connectivity index is 1.62. The van der Waals surface area contributed by atoms with E-state index in [2.05, 4.69) is 4.98 Å². The molecule has 0 aromatic carbocycles. The summed E-state index contributed by atoms with van der Waals surface area (Å²) in [6.45, 7) is 1.00. The normalized spacial score (nSPS) is 22.1. The van der Waals surface area contributed by atoms with Gasteiger partial charge in [-0.1, -0.05) is 10.8 Å².